The van der Waals surface area contributed by atoms with Crippen molar-refractivity contribution in [1.29, 1.82) is 0 Å². The lowest BCUT2D eigenvalue weighted by molar-refractivity contribution is -0.137. The molecule has 1 aromatic rings. The topological polar surface area (TPSA) is 107 Å². The van der Waals surface area contributed by atoms with Gasteiger partial charge in [-0.25, -0.2) is 9.59 Å². The fourth-order valence-electron chi connectivity index (χ4n) is 3.64. The van der Waals surface area contributed by atoms with E-state index in [1.54, 1.807) is 29.2 Å². The Balaban J connectivity index is 1.55. The highest BCUT2D eigenvalue weighted by Gasteiger charge is 2.32. The molecule has 2 saturated heterocycles. The van der Waals surface area contributed by atoms with Crippen LogP contribution in [0.15, 0.2) is 24.3 Å². The standard InChI is InChI=1S/C18H24N4O4/c19-18(26)22-7-1-2-14(12-22)16(23)21-10-8-20(9-11-21)15-5-3-13(4-6-15)17(24)25/h3-6,14H,1-2,7-12H2,(H2,19,26)(H,24,25)/t14-/m1/s1. The van der Waals surface area contributed by atoms with E-state index in [2.05, 4.69) is 4.90 Å². The molecule has 0 radical (unpaired) electrons. The van der Waals surface area contributed by atoms with Gasteiger partial charge >= 0.3 is 12.0 Å². The number of amides is 3. The summed E-state index contributed by atoms with van der Waals surface area (Å²) >= 11 is 0. The van der Waals surface area contributed by atoms with E-state index in [1.165, 1.54) is 0 Å². The number of carbonyl (C=O) groups excluding carboxylic acids is 2. The maximum Gasteiger partial charge on any atom is 0.335 e. The van der Waals surface area contributed by atoms with Crippen LogP contribution in [0.25, 0.3) is 0 Å². The lowest BCUT2D eigenvalue weighted by Crippen LogP contribution is -2.53. The highest BCUT2D eigenvalue weighted by atomic mass is 16.4. The first-order valence-electron chi connectivity index (χ1n) is 8.87. The third kappa shape index (κ3) is 3.89. The van der Waals surface area contributed by atoms with Gasteiger partial charge in [0.05, 0.1) is 11.5 Å². The molecule has 26 heavy (non-hydrogen) atoms. The Bertz CT molecular complexity index is 683. The van der Waals surface area contributed by atoms with Gasteiger partial charge in [0, 0.05) is 45.0 Å². The summed E-state index contributed by atoms with van der Waals surface area (Å²) in [5.74, 6) is -1.01. The summed E-state index contributed by atoms with van der Waals surface area (Å²) in [6.45, 7) is 3.66. The lowest BCUT2D eigenvalue weighted by Gasteiger charge is -2.39. The molecule has 0 aliphatic carbocycles. The Morgan fingerprint density at radius 1 is 0.962 bits per heavy atom. The number of carbonyl (C=O) groups is 3. The predicted molar refractivity (Wildman–Crippen MR) is 96.1 cm³/mol. The largest absolute Gasteiger partial charge is 0.478 e. The molecule has 3 rings (SSSR count). The van der Waals surface area contributed by atoms with E-state index in [9.17, 15) is 14.4 Å². The van der Waals surface area contributed by atoms with Crippen LogP contribution in [0.2, 0.25) is 0 Å². The smallest absolute Gasteiger partial charge is 0.335 e. The van der Waals surface area contributed by atoms with Crippen LogP contribution in [-0.4, -0.2) is 72.1 Å². The number of rotatable bonds is 3. The monoisotopic (exact) mass is 360 g/mol. The summed E-state index contributed by atoms with van der Waals surface area (Å²) < 4.78 is 0. The molecular weight excluding hydrogens is 336 g/mol. The SMILES string of the molecule is NC(=O)N1CCC[C@@H](C(=O)N2CCN(c3ccc(C(=O)O)cc3)CC2)C1. The summed E-state index contributed by atoms with van der Waals surface area (Å²) in [5.41, 5.74) is 6.56. The van der Waals surface area contributed by atoms with Gasteiger partial charge < -0.3 is 25.5 Å². The number of benzene rings is 1. The summed E-state index contributed by atoms with van der Waals surface area (Å²) in [4.78, 5) is 40.6. The number of piperazine rings is 1. The van der Waals surface area contributed by atoms with Crippen LogP contribution in [-0.2, 0) is 4.79 Å². The van der Waals surface area contributed by atoms with Gasteiger partial charge in [0.15, 0.2) is 0 Å². The molecule has 2 fully saturated rings. The summed E-state index contributed by atoms with van der Waals surface area (Å²) in [5, 5.41) is 8.97. The zero-order valence-electron chi connectivity index (χ0n) is 14.6. The third-order valence-electron chi connectivity index (χ3n) is 5.15. The second kappa shape index (κ2) is 7.63. The minimum atomic E-state index is -0.940. The van der Waals surface area contributed by atoms with Gasteiger partial charge in [-0.2, -0.15) is 0 Å². The average molecular weight is 360 g/mol. The first kappa shape index (κ1) is 18.0. The van der Waals surface area contributed by atoms with E-state index in [-0.39, 0.29) is 17.4 Å². The maximum absolute atomic E-state index is 12.7. The highest BCUT2D eigenvalue weighted by Crippen LogP contribution is 2.22. The molecule has 3 N–H and O–H groups in total. The van der Waals surface area contributed by atoms with Gasteiger partial charge in [-0.3, -0.25) is 4.79 Å². The van der Waals surface area contributed by atoms with E-state index in [0.717, 1.165) is 18.5 Å². The fraction of sp³-hybridized carbons (Fsp3) is 0.500. The average Bonchev–Trinajstić information content (AvgIpc) is 2.67. The fourth-order valence-corrected chi connectivity index (χ4v) is 3.64. The number of urea groups is 1. The number of likely N-dealkylation sites (tertiary alicyclic amines) is 1. The molecule has 0 bridgehead atoms. The molecule has 0 saturated carbocycles. The van der Waals surface area contributed by atoms with Crippen molar-refractivity contribution in [1.82, 2.24) is 9.80 Å². The second-order valence-corrected chi connectivity index (χ2v) is 6.79. The molecule has 3 amide bonds. The van der Waals surface area contributed by atoms with Crippen LogP contribution in [0, 0.1) is 5.92 Å². The first-order valence-corrected chi connectivity index (χ1v) is 8.87. The number of aromatic carboxylic acids is 1. The normalized spacial score (nSPS) is 20.8. The van der Waals surface area contributed by atoms with Crippen molar-refractivity contribution in [3.63, 3.8) is 0 Å². The molecule has 8 heteroatoms. The molecule has 0 spiro atoms. The Morgan fingerprint density at radius 2 is 1.62 bits per heavy atom. The number of carboxylic acid groups (broad SMARTS) is 1. The molecule has 1 aromatic carbocycles. The van der Waals surface area contributed by atoms with Gasteiger partial charge in [0.25, 0.3) is 0 Å². The van der Waals surface area contributed by atoms with E-state index in [0.29, 0.717) is 39.3 Å². The number of nitrogens with zero attached hydrogens (tertiary/aromatic N) is 3. The van der Waals surface area contributed by atoms with Crippen LogP contribution < -0.4 is 10.6 Å². The second-order valence-electron chi connectivity index (χ2n) is 6.79. The minimum absolute atomic E-state index is 0.0943. The number of nitrogens with two attached hydrogens (primary N) is 1. The number of anilines is 1. The van der Waals surface area contributed by atoms with Gasteiger partial charge in [-0.1, -0.05) is 0 Å². The molecule has 2 aliphatic rings. The quantitative estimate of drug-likeness (QED) is 0.830. The van der Waals surface area contributed by atoms with Gasteiger partial charge in [0.2, 0.25) is 5.91 Å². The Morgan fingerprint density at radius 3 is 2.19 bits per heavy atom. The Kier molecular flexibility index (Phi) is 5.29. The van der Waals surface area contributed by atoms with E-state index < -0.39 is 12.0 Å². The van der Waals surface area contributed by atoms with Crippen LogP contribution in [0.1, 0.15) is 23.2 Å². The van der Waals surface area contributed by atoms with E-state index >= 15 is 0 Å². The third-order valence-corrected chi connectivity index (χ3v) is 5.15. The maximum atomic E-state index is 12.7. The van der Waals surface area contributed by atoms with Gasteiger partial charge in [0.1, 0.15) is 0 Å². The zero-order chi connectivity index (χ0) is 18.7. The van der Waals surface area contributed by atoms with E-state index in [1.807, 2.05) is 4.90 Å². The number of hydrogen-bond acceptors (Lipinski definition) is 4. The first-order chi connectivity index (χ1) is 12.5. The van der Waals surface area contributed by atoms with Crippen LogP contribution >= 0.6 is 0 Å². The molecule has 1 atom stereocenters. The molecule has 0 unspecified atom stereocenters. The van der Waals surface area contributed by atoms with Crippen molar-refractivity contribution in [2.45, 2.75) is 12.8 Å². The Hall–Kier alpha value is -2.77. The van der Waals surface area contributed by atoms with Crippen LogP contribution in [0.3, 0.4) is 0 Å². The summed E-state index contributed by atoms with van der Waals surface area (Å²) in [7, 11) is 0. The van der Waals surface area contributed by atoms with Gasteiger partial charge in [-0.05, 0) is 37.1 Å². The van der Waals surface area contributed by atoms with Crippen molar-refractivity contribution in [3.05, 3.63) is 29.8 Å². The molecule has 140 valence electrons. The number of piperidine rings is 1. The van der Waals surface area contributed by atoms with Crippen LogP contribution in [0.5, 0.6) is 0 Å². The number of carboxylic acids is 1. The molecular formula is C18H24N4O4. The highest BCUT2D eigenvalue weighted by molar-refractivity contribution is 5.88. The summed E-state index contributed by atoms with van der Waals surface area (Å²) in [6, 6.07) is 6.32. The van der Waals surface area contributed by atoms with Crippen molar-refractivity contribution in [2.75, 3.05) is 44.2 Å². The minimum Gasteiger partial charge on any atom is -0.478 e. The van der Waals surface area contributed by atoms with E-state index in [4.69, 9.17) is 10.8 Å². The summed E-state index contributed by atoms with van der Waals surface area (Å²) in [6.07, 6.45) is 1.59. The number of primary amides is 1. The number of hydrogen-bond donors (Lipinski definition) is 2. The van der Waals surface area contributed by atoms with Crippen molar-refractivity contribution < 1.29 is 19.5 Å². The predicted octanol–water partition coefficient (Wildman–Crippen LogP) is 0.824. The van der Waals surface area contributed by atoms with Crippen LogP contribution in [0.4, 0.5) is 10.5 Å². The zero-order valence-corrected chi connectivity index (χ0v) is 14.6. The van der Waals surface area contributed by atoms with Crippen molar-refractivity contribution in [2.24, 2.45) is 11.7 Å². The molecule has 0 aromatic heterocycles. The molecule has 2 aliphatic heterocycles. The van der Waals surface area contributed by atoms with Crippen molar-refractivity contribution >= 4 is 23.6 Å². The van der Waals surface area contributed by atoms with Gasteiger partial charge in [-0.15, -0.1) is 0 Å². The molecule has 2 heterocycles. The molecule has 8 nitrogen and oxygen atoms in total. The van der Waals surface area contributed by atoms with Crippen molar-refractivity contribution in [3.8, 4) is 0 Å². The lowest BCUT2D eigenvalue weighted by atomic mass is 9.96. The Labute approximate surface area is 152 Å².